The number of para-hydroxylation sites is 1. The Bertz CT molecular complexity index is 759. The van der Waals surface area contributed by atoms with E-state index < -0.39 is 15.6 Å². The van der Waals surface area contributed by atoms with Gasteiger partial charge in [0.1, 0.15) is 16.2 Å². The number of carbonyl (C=O) groups excluding carboxylic acids is 1. The number of fused-ring (bicyclic) bond motifs is 1. The van der Waals surface area contributed by atoms with Crippen LogP contribution < -0.4 is 4.74 Å². The standard InChI is InChI=1S/C16H20N2O4S/c1-17-10-16(8-9-18(11-16)15(19)12-6-7-12)22-13-4-2-3-5-14(13)23(17,20)21/h2-5,12H,6-11H2,1H3. The van der Waals surface area contributed by atoms with E-state index in [0.717, 1.165) is 12.8 Å². The molecule has 4 rings (SSSR count). The zero-order chi connectivity index (χ0) is 16.2. The summed E-state index contributed by atoms with van der Waals surface area (Å²) in [6, 6.07) is 6.74. The predicted molar refractivity (Wildman–Crippen MR) is 83.5 cm³/mol. The molecule has 1 saturated carbocycles. The molecule has 1 atom stereocenters. The third-order valence-corrected chi connectivity index (χ3v) is 6.77. The van der Waals surface area contributed by atoms with E-state index in [0.29, 0.717) is 25.3 Å². The van der Waals surface area contributed by atoms with Crippen LogP contribution in [0.1, 0.15) is 19.3 Å². The van der Waals surface area contributed by atoms with Gasteiger partial charge in [-0.3, -0.25) is 4.79 Å². The Hall–Kier alpha value is -1.60. The number of sulfonamides is 1. The maximum Gasteiger partial charge on any atom is 0.246 e. The molecular weight excluding hydrogens is 316 g/mol. The van der Waals surface area contributed by atoms with Crippen molar-refractivity contribution < 1.29 is 17.9 Å². The molecule has 7 heteroatoms. The van der Waals surface area contributed by atoms with Crippen molar-refractivity contribution in [1.82, 2.24) is 9.21 Å². The lowest BCUT2D eigenvalue weighted by molar-refractivity contribution is -0.132. The molecule has 124 valence electrons. The van der Waals surface area contributed by atoms with Gasteiger partial charge in [-0.15, -0.1) is 0 Å². The van der Waals surface area contributed by atoms with Crippen molar-refractivity contribution in [3.05, 3.63) is 24.3 Å². The highest BCUT2D eigenvalue weighted by molar-refractivity contribution is 7.89. The number of benzene rings is 1. The van der Waals surface area contributed by atoms with Crippen LogP contribution in [0.5, 0.6) is 5.75 Å². The molecule has 1 aliphatic carbocycles. The van der Waals surface area contributed by atoms with Gasteiger partial charge in [-0.05, 0) is 25.0 Å². The number of rotatable bonds is 1. The molecule has 0 aromatic heterocycles. The monoisotopic (exact) mass is 336 g/mol. The Morgan fingerprint density at radius 1 is 1.26 bits per heavy atom. The summed E-state index contributed by atoms with van der Waals surface area (Å²) >= 11 is 0. The lowest BCUT2D eigenvalue weighted by Crippen LogP contribution is -2.48. The smallest absolute Gasteiger partial charge is 0.246 e. The zero-order valence-corrected chi connectivity index (χ0v) is 13.9. The van der Waals surface area contributed by atoms with Crippen LogP contribution in [-0.4, -0.2) is 55.8 Å². The molecule has 2 fully saturated rings. The molecule has 0 N–H and O–H groups in total. The van der Waals surface area contributed by atoms with Gasteiger partial charge in [0.15, 0.2) is 0 Å². The van der Waals surface area contributed by atoms with Crippen LogP contribution in [0.3, 0.4) is 0 Å². The minimum Gasteiger partial charge on any atom is -0.483 e. The minimum absolute atomic E-state index is 0.171. The number of likely N-dealkylation sites (tertiary alicyclic amines) is 1. The number of nitrogens with zero attached hydrogens (tertiary/aromatic N) is 2. The van der Waals surface area contributed by atoms with Crippen molar-refractivity contribution in [3.8, 4) is 5.75 Å². The number of hydrogen-bond acceptors (Lipinski definition) is 4. The van der Waals surface area contributed by atoms with Crippen LogP contribution in [0.4, 0.5) is 0 Å². The fraction of sp³-hybridized carbons (Fsp3) is 0.562. The molecule has 23 heavy (non-hydrogen) atoms. The normalized spacial score (nSPS) is 29.9. The van der Waals surface area contributed by atoms with Gasteiger partial charge in [0.2, 0.25) is 15.9 Å². The first-order valence-electron chi connectivity index (χ1n) is 7.95. The van der Waals surface area contributed by atoms with E-state index in [1.807, 2.05) is 4.90 Å². The summed E-state index contributed by atoms with van der Waals surface area (Å²) in [6.07, 6.45) is 2.60. The quantitative estimate of drug-likeness (QED) is 0.770. The predicted octanol–water partition coefficient (Wildman–Crippen LogP) is 1.08. The van der Waals surface area contributed by atoms with Crippen molar-refractivity contribution in [1.29, 1.82) is 0 Å². The molecule has 1 aromatic rings. The number of amides is 1. The van der Waals surface area contributed by atoms with Crippen molar-refractivity contribution in [2.75, 3.05) is 26.7 Å². The molecule has 6 nitrogen and oxygen atoms in total. The highest BCUT2D eigenvalue weighted by atomic mass is 32.2. The molecule has 2 aliphatic heterocycles. The second kappa shape index (κ2) is 4.95. The summed E-state index contributed by atoms with van der Waals surface area (Å²) in [5, 5.41) is 0. The lowest BCUT2D eigenvalue weighted by Gasteiger charge is -2.30. The second-order valence-electron chi connectivity index (χ2n) is 6.78. The Kier molecular flexibility index (Phi) is 3.22. The molecule has 0 radical (unpaired) electrons. The first-order chi connectivity index (χ1) is 10.9. The summed E-state index contributed by atoms with van der Waals surface area (Å²) in [5.41, 5.74) is -0.654. The first kappa shape index (κ1) is 15.0. The maximum absolute atomic E-state index is 12.7. The van der Waals surface area contributed by atoms with E-state index in [1.165, 1.54) is 4.31 Å². The van der Waals surface area contributed by atoms with Crippen molar-refractivity contribution >= 4 is 15.9 Å². The number of hydrogen-bond donors (Lipinski definition) is 0. The minimum atomic E-state index is -3.56. The van der Waals surface area contributed by atoms with E-state index in [9.17, 15) is 13.2 Å². The van der Waals surface area contributed by atoms with E-state index in [4.69, 9.17) is 4.74 Å². The fourth-order valence-electron chi connectivity index (χ4n) is 3.51. The average molecular weight is 336 g/mol. The Morgan fingerprint density at radius 3 is 2.74 bits per heavy atom. The van der Waals surface area contributed by atoms with Gasteiger partial charge in [0.25, 0.3) is 0 Å². The van der Waals surface area contributed by atoms with Gasteiger partial charge in [-0.2, -0.15) is 4.31 Å². The van der Waals surface area contributed by atoms with Gasteiger partial charge in [0, 0.05) is 25.9 Å². The topological polar surface area (TPSA) is 66.9 Å². The Morgan fingerprint density at radius 2 is 2.00 bits per heavy atom. The van der Waals surface area contributed by atoms with Crippen molar-refractivity contribution in [3.63, 3.8) is 0 Å². The molecule has 1 spiro atoms. The second-order valence-corrected chi connectivity index (χ2v) is 8.79. The van der Waals surface area contributed by atoms with Gasteiger partial charge in [-0.1, -0.05) is 12.1 Å². The number of carbonyl (C=O) groups is 1. The third-order valence-electron chi connectivity index (χ3n) is 4.93. The van der Waals surface area contributed by atoms with E-state index in [-0.39, 0.29) is 23.3 Å². The summed E-state index contributed by atoms with van der Waals surface area (Å²) < 4.78 is 32.9. The highest BCUT2D eigenvalue weighted by Crippen LogP contribution is 2.39. The van der Waals surface area contributed by atoms with E-state index in [2.05, 4.69) is 0 Å². The van der Waals surface area contributed by atoms with Crippen LogP contribution >= 0.6 is 0 Å². The number of ether oxygens (including phenoxy) is 1. The summed E-state index contributed by atoms with van der Waals surface area (Å²) in [5.74, 6) is 0.746. The molecule has 1 saturated heterocycles. The fourth-order valence-corrected chi connectivity index (χ4v) is 4.86. The Balaban J connectivity index is 1.68. The summed E-state index contributed by atoms with van der Waals surface area (Å²) in [7, 11) is -1.98. The molecule has 1 amide bonds. The van der Waals surface area contributed by atoms with Gasteiger partial charge in [0.05, 0.1) is 13.1 Å². The molecule has 1 aromatic carbocycles. The molecule has 0 bridgehead atoms. The van der Waals surface area contributed by atoms with Crippen molar-refractivity contribution in [2.24, 2.45) is 5.92 Å². The van der Waals surface area contributed by atoms with Gasteiger partial charge >= 0.3 is 0 Å². The largest absolute Gasteiger partial charge is 0.483 e. The molecule has 1 unspecified atom stereocenters. The van der Waals surface area contributed by atoms with Crippen LogP contribution in [0.25, 0.3) is 0 Å². The third kappa shape index (κ3) is 2.42. The molecule has 2 heterocycles. The zero-order valence-electron chi connectivity index (χ0n) is 13.1. The van der Waals surface area contributed by atoms with E-state index in [1.54, 1.807) is 31.3 Å². The van der Waals surface area contributed by atoms with E-state index >= 15 is 0 Å². The van der Waals surface area contributed by atoms with Crippen molar-refractivity contribution in [2.45, 2.75) is 29.8 Å². The Labute approximate surface area is 136 Å². The van der Waals surface area contributed by atoms with Gasteiger partial charge < -0.3 is 9.64 Å². The average Bonchev–Trinajstić information content (AvgIpc) is 3.29. The van der Waals surface area contributed by atoms with Crippen LogP contribution in [0.15, 0.2) is 29.2 Å². The highest BCUT2D eigenvalue weighted by Gasteiger charge is 2.49. The maximum atomic E-state index is 12.7. The SMILES string of the molecule is CN1CC2(CCN(C(=O)C3CC3)C2)Oc2ccccc2S1(=O)=O. The summed E-state index contributed by atoms with van der Waals surface area (Å²) in [4.78, 5) is 14.4. The van der Waals surface area contributed by atoms with Gasteiger partial charge in [-0.25, -0.2) is 8.42 Å². The molecule has 3 aliphatic rings. The number of likely N-dealkylation sites (N-methyl/N-ethyl adjacent to an activating group) is 1. The molecular formula is C16H20N2O4S. The van der Waals surface area contributed by atoms with Crippen LogP contribution in [0.2, 0.25) is 0 Å². The van der Waals surface area contributed by atoms with Crippen LogP contribution in [0, 0.1) is 5.92 Å². The lowest BCUT2D eigenvalue weighted by atomic mass is 10.0. The van der Waals surface area contributed by atoms with Crippen LogP contribution in [-0.2, 0) is 14.8 Å². The first-order valence-corrected chi connectivity index (χ1v) is 9.39. The summed E-state index contributed by atoms with van der Waals surface area (Å²) in [6.45, 7) is 1.35.